The van der Waals surface area contributed by atoms with Gasteiger partial charge in [-0.3, -0.25) is 0 Å². The smallest absolute Gasteiger partial charge is 0.318 e. The average Bonchev–Trinajstić information content (AvgIpc) is 2.29. The number of ether oxygens (including phenoxy) is 2. The molecule has 0 aliphatic heterocycles. The van der Waals surface area contributed by atoms with Crippen LogP contribution in [0.25, 0.3) is 10.9 Å². The molecule has 1 heterocycles. The molecule has 0 fully saturated rings. The van der Waals surface area contributed by atoms with Gasteiger partial charge < -0.3 is 9.47 Å². The normalized spacial score (nSPS) is 10.5. The van der Waals surface area contributed by atoms with Gasteiger partial charge in [0.1, 0.15) is 10.9 Å². The van der Waals surface area contributed by atoms with E-state index in [4.69, 9.17) is 21.1 Å². The lowest BCUT2D eigenvalue weighted by Gasteiger charge is -2.09. The molecule has 2 rings (SSSR count). The number of aromatic nitrogens is 2. The van der Waals surface area contributed by atoms with Gasteiger partial charge in [-0.2, -0.15) is 9.97 Å². The Morgan fingerprint density at radius 1 is 1.12 bits per heavy atom. The Morgan fingerprint density at radius 3 is 2.59 bits per heavy atom. The van der Waals surface area contributed by atoms with Gasteiger partial charge in [-0.1, -0.05) is 17.7 Å². The van der Waals surface area contributed by atoms with Crippen molar-refractivity contribution in [3.63, 3.8) is 0 Å². The third kappa shape index (κ3) is 2.42. The number of nitrogens with zero attached hydrogens (tertiary/aromatic N) is 2. The van der Waals surface area contributed by atoms with Crippen molar-refractivity contribution in [1.29, 1.82) is 0 Å². The molecule has 0 saturated heterocycles. The summed E-state index contributed by atoms with van der Waals surface area (Å²) >= 11 is 6.13. The van der Waals surface area contributed by atoms with Crippen LogP contribution in [0.5, 0.6) is 11.8 Å². The van der Waals surface area contributed by atoms with Crippen LogP contribution in [0.15, 0.2) is 18.2 Å². The quantitative estimate of drug-likeness (QED) is 0.785. The Balaban J connectivity index is 2.58. The highest BCUT2D eigenvalue weighted by Gasteiger charge is 2.11. The van der Waals surface area contributed by atoms with Gasteiger partial charge in [-0.05, 0) is 26.0 Å². The SMILES string of the molecule is CCOc1nc(Cl)c2c(OCC)cccc2n1. The number of halogens is 1. The van der Waals surface area contributed by atoms with E-state index in [1.807, 2.05) is 32.0 Å². The molecule has 0 aliphatic carbocycles. The van der Waals surface area contributed by atoms with Gasteiger partial charge in [0.05, 0.1) is 24.1 Å². The third-order valence-electron chi connectivity index (χ3n) is 2.19. The van der Waals surface area contributed by atoms with Gasteiger partial charge in [0, 0.05) is 0 Å². The highest BCUT2D eigenvalue weighted by atomic mass is 35.5. The first kappa shape index (κ1) is 11.9. The minimum absolute atomic E-state index is 0.290. The summed E-state index contributed by atoms with van der Waals surface area (Å²) < 4.78 is 10.7. The van der Waals surface area contributed by atoms with Crippen LogP contribution in [0.2, 0.25) is 5.15 Å². The lowest BCUT2D eigenvalue weighted by molar-refractivity contribution is 0.313. The zero-order chi connectivity index (χ0) is 12.3. The fourth-order valence-electron chi connectivity index (χ4n) is 1.56. The van der Waals surface area contributed by atoms with Gasteiger partial charge in [0.2, 0.25) is 0 Å². The molecular weight excluding hydrogens is 240 g/mol. The Bertz CT molecular complexity index is 531. The first-order chi connectivity index (χ1) is 8.26. The number of rotatable bonds is 4. The second kappa shape index (κ2) is 5.19. The molecule has 2 aromatic rings. The first-order valence-electron chi connectivity index (χ1n) is 5.48. The molecule has 0 spiro atoms. The van der Waals surface area contributed by atoms with Crippen molar-refractivity contribution in [2.45, 2.75) is 13.8 Å². The Kier molecular flexibility index (Phi) is 3.64. The van der Waals surface area contributed by atoms with E-state index in [0.717, 1.165) is 10.9 Å². The van der Waals surface area contributed by atoms with Crippen LogP contribution in [-0.4, -0.2) is 23.2 Å². The van der Waals surface area contributed by atoms with E-state index < -0.39 is 0 Å². The monoisotopic (exact) mass is 252 g/mol. The van der Waals surface area contributed by atoms with Crippen LogP contribution >= 0.6 is 11.6 Å². The van der Waals surface area contributed by atoms with Crippen molar-refractivity contribution >= 4 is 22.5 Å². The van der Waals surface area contributed by atoms with E-state index >= 15 is 0 Å². The van der Waals surface area contributed by atoms with E-state index in [9.17, 15) is 0 Å². The van der Waals surface area contributed by atoms with E-state index in [2.05, 4.69) is 9.97 Å². The Hall–Kier alpha value is -1.55. The van der Waals surface area contributed by atoms with Crippen molar-refractivity contribution in [2.24, 2.45) is 0 Å². The van der Waals surface area contributed by atoms with E-state index in [1.54, 1.807) is 0 Å². The average molecular weight is 253 g/mol. The van der Waals surface area contributed by atoms with Crippen molar-refractivity contribution in [3.05, 3.63) is 23.4 Å². The molecule has 0 unspecified atom stereocenters. The maximum atomic E-state index is 6.13. The van der Waals surface area contributed by atoms with Gasteiger partial charge in [-0.15, -0.1) is 0 Å². The van der Waals surface area contributed by atoms with Crippen LogP contribution in [-0.2, 0) is 0 Å². The molecule has 1 aromatic carbocycles. The zero-order valence-corrected chi connectivity index (χ0v) is 10.5. The van der Waals surface area contributed by atoms with E-state index in [0.29, 0.717) is 30.1 Å². The summed E-state index contributed by atoms with van der Waals surface area (Å²) in [4.78, 5) is 8.36. The van der Waals surface area contributed by atoms with Crippen LogP contribution < -0.4 is 9.47 Å². The maximum absolute atomic E-state index is 6.13. The van der Waals surface area contributed by atoms with Crippen molar-refractivity contribution in [1.82, 2.24) is 9.97 Å². The lowest BCUT2D eigenvalue weighted by atomic mass is 10.2. The molecule has 0 atom stereocenters. The predicted molar refractivity (Wildman–Crippen MR) is 66.9 cm³/mol. The highest BCUT2D eigenvalue weighted by molar-refractivity contribution is 6.34. The van der Waals surface area contributed by atoms with Gasteiger partial charge in [0.15, 0.2) is 0 Å². The molecule has 1 aromatic heterocycles. The minimum Gasteiger partial charge on any atom is -0.493 e. The number of fused-ring (bicyclic) bond motifs is 1. The second-order valence-corrected chi connectivity index (χ2v) is 3.67. The summed E-state index contributed by atoms with van der Waals surface area (Å²) in [5, 5.41) is 1.07. The van der Waals surface area contributed by atoms with Crippen molar-refractivity contribution < 1.29 is 9.47 Å². The first-order valence-corrected chi connectivity index (χ1v) is 5.86. The predicted octanol–water partition coefficient (Wildman–Crippen LogP) is 3.08. The molecule has 17 heavy (non-hydrogen) atoms. The summed E-state index contributed by atoms with van der Waals surface area (Å²) in [7, 11) is 0. The highest BCUT2D eigenvalue weighted by Crippen LogP contribution is 2.31. The topological polar surface area (TPSA) is 44.2 Å². The van der Waals surface area contributed by atoms with Crippen molar-refractivity contribution in [2.75, 3.05) is 13.2 Å². The van der Waals surface area contributed by atoms with Gasteiger partial charge >= 0.3 is 6.01 Å². The standard InChI is InChI=1S/C12H13ClN2O2/c1-3-16-9-7-5-6-8-10(9)11(13)15-12(14-8)17-4-2/h5-7H,3-4H2,1-2H3. The van der Waals surface area contributed by atoms with Gasteiger partial charge in [0.25, 0.3) is 0 Å². The van der Waals surface area contributed by atoms with Gasteiger partial charge in [-0.25, -0.2) is 0 Å². The number of benzene rings is 1. The van der Waals surface area contributed by atoms with Crippen LogP contribution in [0.1, 0.15) is 13.8 Å². The molecular formula is C12H13ClN2O2. The second-order valence-electron chi connectivity index (χ2n) is 3.31. The molecule has 0 bridgehead atoms. The summed E-state index contributed by atoms with van der Waals surface area (Å²) in [6.07, 6.45) is 0. The third-order valence-corrected chi connectivity index (χ3v) is 2.47. The summed E-state index contributed by atoms with van der Waals surface area (Å²) in [6.45, 7) is 4.87. The van der Waals surface area contributed by atoms with Crippen LogP contribution in [0.3, 0.4) is 0 Å². The molecule has 4 nitrogen and oxygen atoms in total. The number of hydrogen-bond donors (Lipinski definition) is 0. The van der Waals surface area contributed by atoms with E-state index in [-0.39, 0.29) is 0 Å². The molecule has 0 radical (unpaired) electrons. The fourth-order valence-corrected chi connectivity index (χ4v) is 1.82. The number of hydrogen-bond acceptors (Lipinski definition) is 4. The summed E-state index contributed by atoms with van der Waals surface area (Å²) in [6, 6.07) is 5.86. The Labute approximate surface area is 105 Å². The molecule has 5 heteroatoms. The minimum atomic E-state index is 0.290. The lowest BCUT2D eigenvalue weighted by Crippen LogP contribution is -2.00. The summed E-state index contributed by atoms with van der Waals surface area (Å²) in [5.74, 6) is 0.693. The van der Waals surface area contributed by atoms with Crippen LogP contribution in [0.4, 0.5) is 0 Å². The Morgan fingerprint density at radius 2 is 1.88 bits per heavy atom. The molecule has 0 aliphatic rings. The summed E-state index contributed by atoms with van der Waals surface area (Å²) in [5.41, 5.74) is 0.722. The fraction of sp³-hybridized carbons (Fsp3) is 0.333. The molecule has 0 N–H and O–H groups in total. The molecule has 0 saturated carbocycles. The maximum Gasteiger partial charge on any atom is 0.318 e. The largest absolute Gasteiger partial charge is 0.493 e. The van der Waals surface area contributed by atoms with Crippen molar-refractivity contribution in [3.8, 4) is 11.8 Å². The van der Waals surface area contributed by atoms with E-state index in [1.165, 1.54) is 0 Å². The zero-order valence-electron chi connectivity index (χ0n) is 9.74. The molecule has 90 valence electrons. The molecule has 0 amide bonds. The van der Waals surface area contributed by atoms with Crippen LogP contribution in [0, 0.1) is 0 Å².